The average Bonchev–Trinajstić information content (AvgIpc) is 2.12. The van der Waals surface area contributed by atoms with E-state index in [4.69, 9.17) is 11.6 Å². The summed E-state index contributed by atoms with van der Waals surface area (Å²) in [6, 6.07) is 3.24. The highest BCUT2D eigenvalue weighted by Crippen LogP contribution is 2.39. The Morgan fingerprint density at radius 2 is 2.06 bits per heavy atom. The normalized spacial score (nSPS) is 23.6. The highest BCUT2D eigenvalue weighted by molar-refractivity contribution is 9.10. The minimum Gasteiger partial charge on any atom is -0.380 e. The summed E-state index contributed by atoms with van der Waals surface area (Å²) >= 11 is 9.36. The van der Waals surface area contributed by atoms with E-state index in [0.29, 0.717) is 15.5 Å². The van der Waals surface area contributed by atoms with E-state index < -0.39 is 0 Å². The Labute approximate surface area is 115 Å². The van der Waals surface area contributed by atoms with Gasteiger partial charge in [0.05, 0.1) is 10.7 Å². The van der Waals surface area contributed by atoms with Gasteiger partial charge in [-0.25, -0.2) is 4.39 Å². The van der Waals surface area contributed by atoms with E-state index in [1.54, 1.807) is 0 Å². The first-order valence-electron chi connectivity index (χ1n) is 5.88. The smallest absolute Gasteiger partial charge is 0.125 e. The Morgan fingerprint density at radius 3 is 2.59 bits per heavy atom. The molecule has 0 spiro atoms. The molecule has 17 heavy (non-hydrogen) atoms. The van der Waals surface area contributed by atoms with E-state index in [1.807, 2.05) is 0 Å². The molecule has 0 bridgehead atoms. The van der Waals surface area contributed by atoms with Crippen molar-refractivity contribution in [3.63, 3.8) is 0 Å². The Hall–Kier alpha value is -0.280. The lowest BCUT2D eigenvalue weighted by Crippen LogP contribution is -2.38. The zero-order chi connectivity index (χ0) is 12.6. The van der Waals surface area contributed by atoms with Crippen LogP contribution in [-0.4, -0.2) is 6.04 Å². The summed E-state index contributed by atoms with van der Waals surface area (Å²) in [5.74, 6) is 1.21. The number of hydrogen-bond donors (Lipinski definition) is 1. The van der Waals surface area contributed by atoms with E-state index in [9.17, 15) is 4.39 Å². The molecule has 0 aliphatic heterocycles. The quantitative estimate of drug-likeness (QED) is 0.818. The molecule has 0 radical (unpaired) electrons. The predicted octanol–water partition coefficient (Wildman–Crippen LogP) is 5.09. The summed E-state index contributed by atoms with van der Waals surface area (Å²) in [4.78, 5) is 0. The van der Waals surface area contributed by atoms with Crippen molar-refractivity contribution in [2.45, 2.75) is 32.7 Å². The Morgan fingerprint density at radius 1 is 1.41 bits per heavy atom. The van der Waals surface area contributed by atoms with Crippen molar-refractivity contribution in [3.05, 3.63) is 27.4 Å². The molecule has 1 aromatic carbocycles. The lowest BCUT2D eigenvalue weighted by atomic mass is 9.73. The average molecular weight is 321 g/mol. The van der Waals surface area contributed by atoms with Crippen LogP contribution in [0.4, 0.5) is 10.1 Å². The summed E-state index contributed by atoms with van der Waals surface area (Å²) in [6.07, 6.45) is 2.33. The molecule has 0 amide bonds. The van der Waals surface area contributed by atoms with Crippen LogP contribution in [0.2, 0.25) is 5.02 Å². The second-order valence-corrected chi connectivity index (χ2v) is 6.32. The molecule has 0 unspecified atom stereocenters. The molecule has 4 heteroatoms. The van der Waals surface area contributed by atoms with Crippen LogP contribution >= 0.6 is 27.5 Å². The van der Waals surface area contributed by atoms with E-state index in [1.165, 1.54) is 12.1 Å². The standard InChI is InChI=1S/C13H16BrClFN/c1-7(2)8-3-10(4-8)17-13-11(14)5-9(16)6-12(13)15/h5-8,10,17H,3-4H2,1-2H3. The number of nitrogens with one attached hydrogen (secondary N) is 1. The van der Waals surface area contributed by atoms with Crippen LogP contribution in [-0.2, 0) is 0 Å². The Balaban J connectivity index is 2.01. The summed E-state index contributed by atoms with van der Waals surface area (Å²) in [6.45, 7) is 4.50. The van der Waals surface area contributed by atoms with Gasteiger partial charge in [-0.3, -0.25) is 0 Å². The molecule has 1 saturated carbocycles. The third-order valence-corrected chi connectivity index (χ3v) is 4.40. The Kier molecular flexibility index (Phi) is 3.99. The summed E-state index contributed by atoms with van der Waals surface area (Å²) in [5.41, 5.74) is 0.806. The monoisotopic (exact) mass is 319 g/mol. The summed E-state index contributed by atoms with van der Waals surface area (Å²) < 4.78 is 13.8. The minimum absolute atomic E-state index is 0.318. The van der Waals surface area contributed by atoms with Gasteiger partial charge in [0.1, 0.15) is 5.82 Å². The summed E-state index contributed by atoms with van der Waals surface area (Å²) in [5, 5.41) is 3.82. The third-order valence-electron chi connectivity index (χ3n) is 3.47. The molecule has 0 atom stereocenters. The number of benzene rings is 1. The molecule has 1 nitrogen and oxygen atoms in total. The number of rotatable bonds is 3. The molecule has 2 rings (SSSR count). The van der Waals surface area contributed by atoms with Crippen LogP contribution in [0.15, 0.2) is 16.6 Å². The first-order chi connectivity index (χ1) is 7.97. The van der Waals surface area contributed by atoms with E-state index in [0.717, 1.165) is 30.4 Å². The number of halogens is 3. The largest absolute Gasteiger partial charge is 0.380 e. The molecule has 1 N–H and O–H groups in total. The van der Waals surface area contributed by atoms with Gasteiger partial charge in [0.25, 0.3) is 0 Å². The van der Waals surface area contributed by atoms with Gasteiger partial charge in [0.2, 0.25) is 0 Å². The maximum Gasteiger partial charge on any atom is 0.125 e. The fourth-order valence-electron chi connectivity index (χ4n) is 2.21. The van der Waals surface area contributed by atoms with Gasteiger partial charge in [-0.05, 0) is 52.7 Å². The van der Waals surface area contributed by atoms with Crippen molar-refractivity contribution in [2.75, 3.05) is 5.32 Å². The van der Waals surface area contributed by atoms with E-state index in [2.05, 4.69) is 35.1 Å². The van der Waals surface area contributed by atoms with Crippen LogP contribution < -0.4 is 5.32 Å². The van der Waals surface area contributed by atoms with Gasteiger partial charge < -0.3 is 5.32 Å². The van der Waals surface area contributed by atoms with Crippen molar-refractivity contribution in [2.24, 2.45) is 11.8 Å². The minimum atomic E-state index is -0.318. The number of anilines is 1. The maximum absolute atomic E-state index is 13.1. The molecule has 94 valence electrons. The van der Waals surface area contributed by atoms with Gasteiger partial charge in [-0.1, -0.05) is 25.4 Å². The number of hydrogen-bond acceptors (Lipinski definition) is 1. The van der Waals surface area contributed by atoms with Crippen molar-refractivity contribution < 1.29 is 4.39 Å². The van der Waals surface area contributed by atoms with Crippen molar-refractivity contribution >= 4 is 33.2 Å². The fourth-order valence-corrected chi connectivity index (χ4v) is 3.13. The van der Waals surface area contributed by atoms with Gasteiger partial charge in [0, 0.05) is 10.5 Å². The maximum atomic E-state index is 13.1. The molecule has 1 aliphatic rings. The molecule has 1 aromatic rings. The zero-order valence-corrected chi connectivity index (χ0v) is 12.3. The van der Waals surface area contributed by atoms with Crippen LogP contribution in [0, 0.1) is 17.7 Å². The van der Waals surface area contributed by atoms with Gasteiger partial charge >= 0.3 is 0 Å². The first kappa shape index (κ1) is 13.2. The Bertz CT molecular complexity index is 393. The highest BCUT2D eigenvalue weighted by Gasteiger charge is 2.31. The van der Waals surface area contributed by atoms with Crippen LogP contribution in [0.3, 0.4) is 0 Å². The van der Waals surface area contributed by atoms with Gasteiger partial charge in [-0.2, -0.15) is 0 Å². The van der Waals surface area contributed by atoms with Crippen molar-refractivity contribution in [1.29, 1.82) is 0 Å². The lowest BCUT2D eigenvalue weighted by Gasteiger charge is -2.39. The molecular weight excluding hydrogens is 305 g/mol. The fraction of sp³-hybridized carbons (Fsp3) is 0.538. The van der Waals surface area contributed by atoms with Crippen molar-refractivity contribution in [3.8, 4) is 0 Å². The van der Waals surface area contributed by atoms with Gasteiger partial charge in [0.15, 0.2) is 0 Å². The van der Waals surface area contributed by atoms with Crippen molar-refractivity contribution in [1.82, 2.24) is 0 Å². The second kappa shape index (κ2) is 5.15. The molecule has 0 saturated heterocycles. The van der Waals surface area contributed by atoms with E-state index in [-0.39, 0.29) is 5.82 Å². The van der Waals surface area contributed by atoms with Crippen LogP contribution in [0.5, 0.6) is 0 Å². The third kappa shape index (κ3) is 2.94. The summed E-state index contributed by atoms with van der Waals surface area (Å²) in [7, 11) is 0. The molecule has 0 heterocycles. The van der Waals surface area contributed by atoms with Crippen LogP contribution in [0.1, 0.15) is 26.7 Å². The topological polar surface area (TPSA) is 12.0 Å². The zero-order valence-electron chi connectivity index (χ0n) is 9.93. The van der Waals surface area contributed by atoms with Crippen LogP contribution in [0.25, 0.3) is 0 Å². The molecule has 0 aromatic heterocycles. The van der Waals surface area contributed by atoms with E-state index >= 15 is 0 Å². The highest BCUT2D eigenvalue weighted by atomic mass is 79.9. The molecule has 1 aliphatic carbocycles. The lowest BCUT2D eigenvalue weighted by molar-refractivity contribution is 0.212. The first-order valence-corrected chi connectivity index (χ1v) is 7.05. The molecular formula is C13H16BrClFN. The second-order valence-electron chi connectivity index (χ2n) is 5.06. The SMILES string of the molecule is CC(C)C1CC(Nc2c(Cl)cc(F)cc2Br)C1. The predicted molar refractivity (Wildman–Crippen MR) is 74.1 cm³/mol. The van der Waals surface area contributed by atoms with Gasteiger partial charge in [-0.15, -0.1) is 0 Å². The molecule has 1 fully saturated rings.